The van der Waals surface area contributed by atoms with Crippen molar-refractivity contribution in [1.82, 2.24) is 19.7 Å². The molecular formula is C7H7ClN4O2S2. The molecule has 0 atom stereocenters. The summed E-state index contributed by atoms with van der Waals surface area (Å²) in [5.41, 5.74) is 0. The predicted molar refractivity (Wildman–Crippen MR) is 59.9 cm³/mol. The Morgan fingerprint density at radius 1 is 1.44 bits per heavy atom. The van der Waals surface area contributed by atoms with Gasteiger partial charge in [0, 0.05) is 23.9 Å². The second-order valence-electron chi connectivity index (χ2n) is 3.05. The highest BCUT2D eigenvalue weighted by molar-refractivity contribution is 8.13. The van der Waals surface area contributed by atoms with Crippen molar-refractivity contribution in [3.05, 3.63) is 11.2 Å². The lowest BCUT2D eigenvalue weighted by Gasteiger charge is -1.97. The highest BCUT2D eigenvalue weighted by Gasteiger charge is 2.21. The van der Waals surface area contributed by atoms with Crippen LogP contribution in [0.25, 0.3) is 10.7 Å². The van der Waals surface area contributed by atoms with Crippen molar-refractivity contribution < 1.29 is 8.42 Å². The number of hydrogen-bond donors (Lipinski definition) is 0. The Bertz CT molecular complexity index is 631. The molecule has 0 saturated carbocycles. The molecule has 86 valence electrons. The van der Waals surface area contributed by atoms with Crippen molar-refractivity contribution in [2.75, 3.05) is 0 Å². The fourth-order valence-corrected chi connectivity index (χ4v) is 2.96. The van der Waals surface area contributed by atoms with Crippen LogP contribution in [0, 0.1) is 6.92 Å². The summed E-state index contributed by atoms with van der Waals surface area (Å²) in [6, 6.07) is 0. The van der Waals surface area contributed by atoms with Gasteiger partial charge in [-0.15, -0.1) is 21.5 Å². The van der Waals surface area contributed by atoms with Gasteiger partial charge in [0.1, 0.15) is 0 Å². The van der Waals surface area contributed by atoms with Gasteiger partial charge in [0.15, 0.2) is 5.82 Å². The van der Waals surface area contributed by atoms with E-state index in [0.29, 0.717) is 5.82 Å². The molecule has 0 radical (unpaired) electrons. The molecule has 0 amide bonds. The fourth-order valence-electron chi connectivity index (χ4n) is 1.21. The first kappa shape index (κ1) is 11.5. The third-order valence-electron chi connectivity index (χ3n) is 1.89. The third kappa shape index (κ3) is 1.95. The second-order valence-corrected chi connectivity index (χ2v) is 6.74. The number of hydrogen-bond acceptors (Lipinski definition) is 6. The molecule has 0 aromatic carbocycles. The smallest absolute Gasteiger partial charge is 0.296 e. The first-order valence-corrected chi connectivity index (χ1v) is 7.29. The summed E-state index contributed by atoms with van der Waals surface area (Å²) in [6.45, 7) is 1.85. The largest absolute Gasteiger partial charge is 0.299 e. The van der Waals surface area contributed by atoms with E-state index < -0.39 is 9.05 Å². The van der Waals surface area contributed by atoms with Gasteiger partial charge in [-0.2, -0.15) is 0 Å². The van der Waals surface area contributed by atoms with Gasteiger partial charge in [0.2, 0.25) is 0 Å². The Morgan fingerprint density at radius 2 is 2.12 bits per heavy atom. The molecule has 9 heteroatoms. The maximum Gasteiger partial charge on any atom is 0.296 e. The quantitative estimate of drug-likeness (QED) is 0.771. The van der Waals surface area contributed by atoms with E-state index in [9.17, 15) is 8.42 Å². The summed E-state index contributed by atoms with van der Waals surface area (Å²) >= 11 is 1.41. The molecule has 0 saturated heterocycles. The highest BCUT2D eigenvalue weighted by atomic mass is 35.7. The maximum absolute atomic E-state index is 11.1. The Morgan fingerprint density at radius 3 is 2.56 bits per heavy atom. The van der Waals surface area contributed by atoms with Gasteiger partial charge in [-0.05, 0) is 6.92 Å². The van der Waals surface area contributed by atoms with Crippen LogP contribution < -0.4 is 0 Å². The van der Waals surface area contributed by atoms with Gasteiger partial charge in [-0.25, -0.2) is 13.4 Å². The van der Waals surface area contributed by atoms with Crippen molar-refractivity contribution in [2.45, 2.75) is 12.1 Å². The van der Waals surface area contributed by atoms with Crippen LogP contribution in [0.1, 0.15) is 5.01 Å². The Balaban J connectivity index is 2.58. The van der Waals surface area contributed by atoms with Gasteiger partial charge in [0.05, 0.1) is 9.88 Å². The Hall–Kier alpha value is -0.990. The Labute approximate surface area is 100 Å². The molecule has 2 aromatic heterocycles. The molecule has 0 N–H and O–H groups in total. The van der Waals surface area contributed by atoms with Crippen LogP contribution in [0.15, 0.2) is 11.4 Å². The molecule has 6 nitrogen and oxygen atoms in total. The summed E-state index contributed by atoms with van der Waals surface area (Å²) in [5, 5.41) is 7.93. The minimum Gasteiger partial charge on any atom is -0.299 e. The first-order valence-electron chi connectivity index (χ1n) is 4.16. The van der Waals surface area contributed by atoms with E-state index in [1.165, 1.54) is 15.9 Å². The van der Waals surface area contributed by atoms with Gasteiger partial charge in [0.25, 0.3) is 14.2 Å². The maximum atomic E-state index is 11.1. The van der Waals surface area contributed by atoms with Crippen molar-refractivity contribution in [2.24, 2.45) is 7.05 Å². The van der Waals surface area contributed by atoms with Crippen molar-refractivity contribution in [3.8, 4) is 10.7 Å². The first-order chi connectivity index (χ1) is 7.39. The lowest BCUT2D eigenvalue weighted by Crippen LogP contribution is -2.02. The van der Waals surface area contributed by atoms with E-state index in [1.807, 2.05) is 6.92 Å². The predicted octanol–water partition coefficient (Wildman–Crippen LogP) is 1.17. The molecule has 0 unspecified atom stereocenters. The number of thiazole rings is 1. The number of rotatable bonds is 2. The lowest BCUT2D eigenvalue weighted by atomic mass is 10.5. The zero-order valence-corrected chi connectivity index (χ0v) is 10.8. The summed E-state index contributed by atoms with van der Waals surface area (Å²) in [6.07, 6.45) is 1.62. The van der Waals surface area contributed by atoms with E-state index in [0.717, 1.165) is 9.88 Å². The average Bonchev–Trinajstić information content (AvgIpc) is 2.70. The van der Waals surface area contributed by atoms with E-state index in [2.05, 4.69) is 15.2 Å². The molecular weight excluding hydrogens is 272 g/mol. The average molecular weight is 279 g/mol. The SMILES string of the molecule is Cc1ncc(-c2nnc(S(=O)(=O)Cl)n2C)s1. The van der Waals surface area contributed by atoms with Crippen LogP contribution in [0.4, 0.5) is 0 Å². The topological polar surface area (TPSA) is 77.7 Å². The van der Waals surface area contributed by atoms with Gasteiger partial charge in [-0.3, -0.25) is 4.57 Å². The van der Waals surface area contributed by atoms with Crippen LogP contribution in [0.3, 0.4) is 0 Å². The third-order valence-corrected chi connectivity index (χ3v) is 4.01. The molecule has 0 aliphatic rings. The summed E-state index contributed by atoms with van der Waals surface area (Å²) in [7, 11) is 2.88. The summed E-state index contributed by atoms with van der Waals surface area (Å²) < 4.78 is 23.6. The number of aryl methyl sites for hydroxylation is 1. The molecule has 16 heavy (non-hydrogen) atoms. The van der Waals surface area contributed by atoms with Crippen molar-refractivity contribution in [3.63, 3.8) is 0 Å². The van der Waals surface area contributed by atoms with Gasteiger partial charge in [-0.1, -0.05) is 0 Å². The molecule has 0 fully saturated rings. The van der Waals surface area contributed by atoms with E-state index >= 15 is 0 Å². The van der Waals surface area contributed by atoms with E-state index in [1.54, 1.807) is 13.2 Å². The zero-order valence-electron chi connectivity index (χ0n) is 8.38. The Kier molecular flexibility index (Phi) is 2.72. The number of nitrogens with zero attached hydrogens (tertiary/aromatic N) is 4. The van der Waals surface area contributed by atoms with Crippen LogP contribution in [-0.4, -0.2) is 28.2 Å². The van der Waals surface area contributed by atoms with Crippen LogP contribution >= 0.6 is 22.0 Å². The number of aromatic nitrogens is 4. The summed E-state index contributed by atoms with van der Waals surface area (Å²) in [4.78, 5) is 4.81. The molecule has 0 bridgehead atoms. The van der Waals surface area contributed by atoms with Crippen LogP contribution in [0.5, 0.6) is 0 Å². The van der Waals surface area contributed by atoms with E-state index in [4.69, 9.17) is 10.7 Å². The molecule has 2 rings (SSSR count). The lowest BCUT2D eigenvalue weighted by molar-refractivity contribution is 0.593. The van der Waals surface area contributed by atoms with Gasteiger partial charge < -0.3 is 0 Å². The van der Waals surface area contributed by atoms with E-state index in [-0.39, 0.29) is 5.16 Å². The second kappa shape index (κ2) is 3.79. The van der Waals surface area contributed by atoms with Crippen molar-refractivity contribution >= 4 is 31.1 Å². The highest BCUT2D eigenvalue weighted by Crippen LogP contribution is 2.25. The van der Waals surface area contributed by atoms with Crippen LogP contribution in [-0.2, 0) is 16.1 Å². The summed E-state index contributed by atoms with van der Waals surface area (Å²) in [5.74, 6) is 0.435. The van der Waals surface area contributed by atoms with Crippen LogP contribution in [0.2, 0.25) is 0 Å². The molecule has 2 heterocycles. The minimum absolute atomic E-state index is 0.268. The molecule has 0 aliphatic carbocycles. The van der Waals surface area contributed by atoms with Gasteiger partial charge >= 0.3 is 0 Å². The molecule has 0 aliphatic heterocycles. The fraction of sp³-hybridized carbons (Fsp3) is 0.286. The normalized spacial score (nSPS) is 11.9. The van der Waals surface area contributed by atoms with Crippen molar-refractivity contribution in [1.29, 1.82) is 0 Å². The number of halogens is 1. The molecule has 0 spiro atoms. The monoisotopic (exact) mass is 278 g/mol. The standard InChI is InChI=1S/C7H7ClN4O2S2/c1-4-9-3-5(15-4)6-10-11-7(12(6)2)16(8,13)14/h3H,1-2H3. The molecule has 2 aromatic rings. The zero-order chi connectivity index (χ0) is 11.9. The minimum atomic E-state index is -3.87.